The molecule has 0 saturated carbocycles. The van der Waals surface area contributed by atoms with Crippen molar-refractivity contribution in [1.29, 1.82) is 0 Å². The summed E-state index contributed by atoms with van der Waals surface area (Å²) in [4.78, 5) is 2.76. The summed E-state index contributed by atoms with van der Waals surface area (Å²) in [5.41, 5.74) is 5.96. The molecule has 2 aromatic rings. The third-order valence-corrected chi connectivity index (χ3v) is 8.13. The molecule has 0 bridgehead atoms. The van der Waals surface area contributed by atoms with E-state index < -0.39 is 0 Å². The van der Waals surface area contributed by atoms with Crippen LogP contribution in [0.3, 0.4) is 0 Å². The maximum atomic E-state index is 5.75. The second-order valence-corrected chi connectivity index (χ2v) is 9.75. The smallest absolute Gasteiger partial charge is 0.103 e. The topological polar surface area (TPSA) is 12.5 Å². The van der Waals surface area contributed by atoms with E-state index in [-0.39, 0.29) is 0 Å². The van der Waals surface area contributed by atoms with Crippen LogP contribution < -0.4 is 4.90 Å². The molecule has 2 aromatic carbocycles. The molecule has 160 valence electrons. The molecule has 30 heavy (non-hydrogen) atoms. The van der Waals surface area contributed by atoms with Gasteiger partial charge in [0, 0.05) is 24.7 Å². The molecular formula is C27H37N2O+. The Bertz CT molecular complexity index is 824. The molecule has 5 rings (SSSR count). The SMILES string of the molecule is Cc1ccccc1N(CCC1CCCC[N+]12CCOCC2)C1Cc2ccccc2C1. The molecule has 1 unspecified atom stereocenters. The van der Waals surface area contributed by atoms with Crippen molar-refractivity contribution in [1.82, 2.24) is 0 Å². The zero-order valence-electron chi connectivity index (χ0n) is 18.6. The van der Waals surface area contributed by atoms with Crippen LogP contribution in [0.5, 0.6) is 0 Å². The number of anilines is 1. The Morgan fingerprint density at radius 2 is 1.60 bits per heavy atom. The quantitative estimate of drug-likeness (QED) is 0.665. The fraction of sp³-hybridized carbons (Fsp3) is 0.556. The molecule has 2 aliphatic heterocycles. The Morgan fingerprint density at radius 1 is 0.900 bits per heavy atom. The minimum atomic E-state index is 0.588. The third-order valence-electron chi connectivity index (χ3n) is 8.13. The maximum absolute atomic E-state index is 5.75. The van der Waals surface area contributed by atoms with Gasteiger partial charge in [-0.2, -0.15) is 0 Å². The van der Waals surface area contributed by atoms with Crippen molar-refractivity contribution in [2.24, 2.45) is 0 Å². The molecular weight excluding hydrogens is 368 g/mol. The van der Waals surface area contributed by atoms with Crippen LogP contribution in [0.2, 0.25) is 0 Å². The van der Waals surface area contributed by atoms with E-state index in [4.69, 9.17) is 4.74 Å². The molecule has 3 heteroatoms. The predicted molar refractivity (Wildman–Crippen MR) is 124 cm³/mol. The molecule has 0 radical (unpaired) electrons. The molecule has 2 fully saturated rings. The number of hydrogen-bond donors (Lipinski definition) is 0. The number of hydrogen-bond acceptors (Lipinski definition) is 2. The van der Waals surface area contributed by atoms with Gasteiger partial charge in [0.1, 0.15) is 13.1 Å². The van der Waals surface area contributed by atoms with Crippen molar-refractivity contribution < 1.29 is 9.22 Å². The summed E-state index contributed by atoms with van der Waals surface area (Å²) in [5, 5.41) is 0. The highest BCUT2D eigenvalue weighted by atomic mass is 16.5. The normalized spacial score (nSPS) is 23.4. The molecule has 3 nitrogen and oxygen atoms in total. The summed E-state index contributed by atoms with van der Waals surface area (Å²) in [6, 6.07) is 19.5. The number of aryl methyl sites for hydroxylation is 1. The van der Waals surface area contributed by atoms with Gasteiger partial charge >= 0.3 is 0 Å². The van der Waals surface area contributed by atoms with Crippen molar-refractivity contribution in [3.8, 4) is 0 Å². The van der Waals surface area contributed by atoms with Crippen LogP contribution in [0.1, 0.15) is 42.4 Å². The number of para-hydroxylation sites is 1. The van der Waals surface area contributed by atoms with Crippen LogP contribution >= 0.6 is 0 Å². The van der Waals surface area contributed by atoms with Gasteiger partial charge < -0.3 is 14.1 Å². The zero-order chi connectivity index (χ0) is 20.4. The number of nitrogens with zero attached hydrogens (tertiary/aromatic N) is 2. The molecule has 1 aliphatic carbocycles. The van der Waals surface area contributed by atoms with Crippen molar-refractivity contribution in [3.05, 3.63) is 65.2 Å². The number of quaternary nitrogens is 1. The van der Waals surface area contributed by atoms with Gasteiger partial charge in [-0.15, -0.1) is 0 Å². The molecule has 0 amide bonds. The lowest BCUT2D eigenvalue weighted by Crippen LogP contribution is -2.63. The first-order valence-corrected chi connectivity index (χ1v) is 12.1. The van der Waals surface area contributed by atoms with Crippen LogP contribution in [-0.2, 0) is 17.6 Å². The standard InChI is InChI=1S/C27H37N2O/c1-22-8-2-5-12-27(22)28(25-20-23-9-3-4-10-24(23)21-25)14-13-26-11-6-7-15-29(26)16-18-30-19-17-29/h2-5,8-10,12,25-26H,6-7,11,13-21H2,1H3/q+1. The molecule has 1 atom stereocenters. The van der Waals surface area contributed by atoms with Crippen molar-refractivity contribution in [3.63, 3.8) is 0 Å². The van der Waals surface area contributed by atoms with Gasteiger partial charge in [-0.1, -0.05) is 42.5 Å². The van der Waals surface area contributed by atoms with Crippen molar-refractivity contribution >= 4 is 5.69 Å². The minimum Gasteiger partial charge on any atom is -0.370 e. The molecule has 1 spiro atoms. The van der Waals surface area contributed by atoms with E-state index in [1.807, 2.05) is 0 Å². The lowest BCUT2D eigenvalue weighted by molar-refractivity contribution is -0.962. The Morgan fingerprint density at radius 3 is 2.33 bits per heavy atom. The summed E-state index contributed by atoms with van der Waals surface area (Å²) in [5.74, 6) is 0. The fourth-order valence-corrected chi connectivity index (χ4v) is 6.41. The lowest BCUT2D eigenvalue weighted by Gasteiger charge is -2.50. The minimum absolute atomic E-state index is 0.588. The highest BCUT2D eigenvalue weighted by molar-refractivity contribution is 5.55. The van der Waals surface area contributed by atoms with E-state index in [9.17, 15) is 0 Å². The number of rotatable bonds is 5. The average Bonchev–Trinajstić information content (AvgIpc) is 3.21. The molecule has 0 N–H and O–H groups in total. The second kappa shape index (κ2) is 8.72. The van der Waals surface area contributed by atoms with E-state index in [2.05, 4.69) is 60.4 Å². The Hall–Kier alpha value is -1.84. The molecule has 2 heterocycles. The van der Waals surface area contributed by atoms with Gasteiger partial charge in [0.05, 0.1) is 25.8 Å². The van der Waals surface area contributed by atoms with Gasteiger partial charge in [-0.3, -0.25) is 0 Å². The average molecular weight is 406 g/mol. The number of ether oxygens (including phenoxy) is 1. The number of fused-ring (bicyclic) bond motifs is 1. The summed E-state index contributed by atoms with van der Waals surface area (Å²) < 4.78 is 7.07. The lowest BCUT2D eigenvalue weighted by atomic mass is 9.94. The van der Waals surface area contributed by atoms with Crippen LogP contribution in [0.15, 0.2) is 48.5 Å². The first-order valence-electron chi connectivity index (χ1n) is 12.1. The van der Waals surface area contributed by atoms with Crippen molar-refractivity contribution in [2.45, 2.75) is 57.5 Å². The third kappa shape index (κ3) is 3.90. The number of benzene rings is 2. The summed E-state index contributed by atoms with van der Waals surface area (Å²) in [7, 11) is 0. The predicted octanol–water partition coefficient (Wildman–Crippen LogP) is 4.76. The van der Waals surface area contributed by atoms with Gasteiger partial charge in [0.2, 0.25) is 0 Å². The number of morpholine rings is 1. The maximum Gasteiger partial charge on any atom is 0.103 e. The van der Waals surface area contributed by atoms with E-state index in [0.29, 0.717) is 6.04 Å². The van der Waals surface area contributed by atoms with Gasteiger partial charge in [0.25, 0.3) is 0 Å². The highest BCUT2D eigenvalue weighted by Gasteiger charge is 2.41. The van der Waals surface area contributed by atoms with Crippen LogP contribution in [-0.4, -0.2) is 56.0 Å². The summed E-state index contributed by atoms with van der Waals surface area (Å²) in [6.45, 7) is 9.18. The first-order chi connectivity index (χ1) is 14.8. The summed E-state index contributed by atoms with van der Waals surface area (Å²) >= 11 is 0. The van der Waals surface area contributed by atoms with Gasteiger partial charge in [0.15, 0.2) is 0 Å². The van der Waals surface area contributed by atoms with E-state index in [1.54, 1.807) is 11.1 Å². The van der Waals surface area contributed by atoms with Gasteiger partial charge in [-0.25, -0.2) is 0 Å². The molecule has 0 aromatic heterocycles. The molecule has 2 saturated heterocycles. The zero-order valence-corrected chi connectivity index (χ0v) is 18.6. The van der Waals surface area contributed by atoms with Crippen molar-refractivity contribution in [2.75, 3.05) is 44.3 Å². The molecule has 3 aliphatic rings. The first kappa shape index (κ1) is 20.1. The van der Waals surface area contributed by atoms with E-state index >= 15 is 0 Å². The monoisotopic (exact) mass is 405 g/mol. The number of piperidine rings is 1. The Labute approximate surface area is 182 Å². The second-order valence-electron chi connectivity index (χ2n) is 9.75. The van der Waals surface area contributed by atoms with Crippen LogP contribution in [0, 0.1) is 6.92 Å². The van der Waals surface area contributed by atoms with Gasteiger partial charge in [-0.05, 0) is 61.8 Å². The fourth-order valence-electron chi connectivity index (χ4n) is 6.41. The largest absolute Gasteiger partial charge is 0.370 e. The Balaban J connectivity index is 1.37. The van der Waals surface area contributed by atoms with Crippen LogP contribution in [0.25, 0.3) is 0 Å². The Kier molecular flexibility index (Phi) is 5.84. The van der Waals surface area contributed by atoms with E-state index in [0.717, 1.165) is 19.3 Å². The highest BCUT2D eigenvalue weighted by Crippen LogP contribution is 2.34. The summed E-state index contributed by atoms with van der Waals surface area (Å²) in [6.07, 6.45) is 7.88. The van der Waals surface area contributed by atoms with E-state index in [1.165, 1.54) is 80.4 Å². The van der Waals surface area contributed by atoms with Crippen LogP contribution in [0.4, 0.5) is 5.69 Å².